The second-order valence-electron chi connectivity index (χ2n) is 4.09. The quantitative estimate of drug-likeness (QED) is 0.921. The zero-order valence-electron chi connectivity index (χ0n) is 10.3. The summed E-state index contributed by atoms with van der Waals surface area (Å²) in [7, 11) is 0. The molecule has 0 aliphatic carbocycles. The van der Waals surface area contributed by atoms with E-state index in [9.17, 15) is 5.11 Å². The van der Waals surface area contributed by atoms with Crippen LogP contribution in [0.2, 0.25) is 5.02 Å². The smallest absolute Gasteiger partial charge is 0.140 e. The zero-order chi connectivity index (χ0) is 13.1. The summed E-state index contributed by atoms with van der Waals surface area (Å²) in [5, 5.41) is 14.9. The van der Waals surface area contributed by atoms with E-state index in [-0.39, 0.29) is 0 Å². The first-order valence-electron chi connectivity index (χ1n) is 5.81. The Morgan fingerprint density at radius 2 is 2.11 bits per heavy atom. The van der Waals surface area contributed by atoms with Crippen LogP contribution in [0.4, 0.5) is 0 Å². The van der Waals surface area contributed by atoms with Gasteiger partial charge in [0.15, 0.2) is 0 Å². The lowest BCUT2D eigenvalue weighted by Crippen LogP contribution is -2.12. The third kappa shape index (κ3) is 2.52. The predicted octanol–water partition coefficient (Wildman–Crippen LogP) is 2.13. The van der Waals surface area contributed by atoms with Crippen molar-refractivity contribution in [2.75, 3.05) is 0 Å². The minimum Gasteiger partial charge on any atom is -0.380 e. The molecule has 0 amide bonds. The Morgan fingerprint density at radius 3 is 2.72 bits per heavy atom. The highest BCUT2D eigenvalue weighted by Crippen LogP contribution is 2.26. The van der Waals surface area contributed by atoms with Crippen LogP contribution < -0.4 is 0 Å². The second kappa shape index (κ2) is 5.46. The number of aliphatic hydroxyl groups is 1. The molecule has 0 spiro atoms. The summed E-state index contributed by atoms with van der Waals surface area (Å²) >= 11 is 6.07. The van der Waals surface area contributed by atoms with Gasteiger partial charge in [0.2, 0.25) is 0 Å². The summed E-state index contributed by atoms with van der Waals surface area (Å²) in [5.74, 6) is 0. The molecule has 1 N–H and O–H groups in total. The standard InChI is InChI=1S/C12H15ClN4O/c1-3-4-17-11(9(13)6-16-17)12(18)10-7-14-8(2)5-15-10/h5-7,12,18H,3-4H2,1-2H3. The van der Waals surface area contributed by atoms with Crippen molar-refractivity contribution in [2.45, 2.75) is 32.9 Å². The van der Waals surface area contributed by atoms with Crippen LogP contribution in [0.5, 0.6) is 0 Å². The van der Waals surface area contributed by atoms with Crippen LogP contribution in [0.15, 0.2) is 18.6 Å². The number of rotatable bonds is 4. The highest BCUT2D eigenvalue weighted by Gasteiger charge is 2.20. The summed E-state index contributed by atoms with van der Waals surface area (Å²) in [6.45, 7) is 4.59. The Bertz CT molecular complexity index is 523. The molecule has 18 heavy (non-hydrogen) atoms. The molecule has 96 valence electrons. The number of halogens is 1. The summed E-state index contributed by atoms with van der Waals surface area (Å²) in [4.78, 5) is 8.28. The van der Waals surface area contributed by atoms with Gasteiger partial charge in [-0.3, -0.25) is 14.6 Å². The molecular formula is C12H15ClN4O. The van der Waals surface area contributed by atoms with E-state index in [1.165, 1.54) is 6.20 Å². The SMILES string of the molecule is CCCn1ncc(Cl)c1C(O)c1cnc(C)cn1. The average Bonchev–Trinajstić information content (AvgIpc) is 2.71. The third-order valence-electron chi connectivity index (χ3n) is 2.61. The van der Waals surface area contributed by atoms with Crippen molar-refractivity contribution in [3.63, 3.8) is 0 Å². The number of aryl methyl sites for hydroxylation is 2. The van der Waals surface area contributed by atoms with Crippen LogP contribution >= 0.6 is 11.6 Å². The largest absolute Gasteiger partial charge is 0.380 e. The molecule has 5 nitrogen and oxygen atoms in total. The molecule has 0 aliphatic heterocycles. The minimum absolute atomic E-state index is 0.443. The number of hydrogen-bond donors (Lipinski definition) is 1. The molecule has 1 unspecified atom stereocenters. The van der Waals surface area contributed by atoms with Gasteiger partial charge in [-0.25, -0.2) is 0 Å². The highest BCUT2D eigenvalue weighted by molar-refractivity contribution is 6.31. The Labute approximate surface area is 110 Å². The highest BCUT2D eigenvalue weighted by atomic mass is 35.5. The van der Waals surface area contributed by atoms with Gasteiger partial charge in [0, 0.05) is 12.7 Å². The van der Waals surface area contributed by atoms with Crippen LogP contribution in [0.1, 0.15) is 36.5 Å². The van der Waals surface area contributed by atoms with Crippen molar-refractivity contribution in [2.24, 2.45) is 0 Å². The normalized spacial score (nSPS) is 12.7. The molecule has 0 saturated heterocycles. The predicted molar refractivity (Wildman–Crippen MR) is 68.4 cm³/mol. The van der Waals surface area contributed by atoms with E-state index in [1.54, 1.807) is 17.1 Å². The first-order chi connectivity index (χ1) is 8.63. The number of nitrogens with zero attached hydrogens (tertiary/aromatic N) is 4. The summed E-state index contributed by atoms with van der Waals surface area (Å²) in [6, 6.07) is 0. The van der Waals surface area contributed by atoms with Crippen LogP contribution in [0.3, 0.4) is 0 Å². The van der Waals surface area contributed by atoms with Crippen molar-refractivity contribution in [1.29, 1.82) is 0 Å². The molecule has 0 radical (unpaired) electrons. The van der Waals surface area contributed by atoms with Gasteiger partial charge in [-0.1, -0.05) is 18.5 Å². The third-order valence-corrected chi connectivity index (χ3v) is 2.90. The van der Waals surface area contributed by atoms with Gasteiger partial charge in [0.05, 0.1) is 34.5 Å². The molecule has 1 atom stereocenters. The Kier molecular flexibility index (Phi) is 3.93. The van der Waals surface area contributed by atoms with Crippen molar-refractivity contribution >= 4 is 11.6 Å². The molecule has 2 heterocycles. The summed E-state index contributed by atoms with van der Waals surface area (Å²) in [5.41, 5.74) is 1.84. The van der Waals surface area contributed by atoms with Crippen molar-refractivity contribution in [3.05, 3.63) is 40.7 Å². The van der Waals surface area contributed by atoms with Gasteiger partial charge in [0.25, 0.3) is 0 Å². The number of hydrogen-bond acceptors (Lipinski definition) is 4. The van der Waals surface area contributed by atoms with E-state index in [4.69, 9.17) is 11.6 Å². The molecule has 0 aliphatic rings. The second-order valence-corrected chi connectivity index (χ2v) is 4.49. The molecule has 2 aromatic rings. The Hall–Kier alpha value is -1.46. The lowest BCUT2D eigenvalue weighted by Gasteiger charge is -2.13. The van der Waals surface area contributed by atoms with Gasteiger partial charge in [-0.2, -0.15) is 5.10 Å². The zero-order valence-corrected chi connectivity index (χ0v) is 11.1. The molecule has 0 saturated carbocycles. The monoisotopic (exact) mass is 266 g/mol. The molecule has 2 rings (SSSR count). The summed E-state index contributed by atoms with van der Waals surface area (Å²) < 4.78 is 1.70. The van der Waals surface area contributed by atoms with E-state index in [2.05, 4.69) is 15.1 Å². The van der Waals surface area contributed by atoms with Crippen molar-refractivity contribution < 1.29 is 5.11 Å². The first-order valence-corrected chi connectivity index (χ1v) is 6.19. The molecule has 0 fully saturated rings. The first kappa shape index (κ1) is 13.0. The molecule has 0 aromatic carbocycles. The molecular weight excluding hydrogens is 252 g/mol. The Balaban J connectivity index is 2.35. The maximum Gasteiger partial charge on any atom is 0.140 e. The lowest BCUT2D eigenvalue weighted by molar-refractivity contribution is 0.202. The van der Waals surface area contributed by atoms with Gasteiger partial charge < -0.3 is 5.11 Å². The van der Waals surface area contributed by atoms with Crippen molar-refractivity contribution in [1.82, 2.24) is 19.7 Å². The lowest BCUT2D eigenvalue weighted by atomic mass is 10.2. The van der Waals surface area contributed by atoms with E-state index in [1.807, 2.05) is 13.8 Å². The van der Waals surface area contributed by atoms with E-state index < -0.39 is 6.10 Å². The number of aromatic nitrogens is 4. The maximum atomic E-state index is 10.3. The fourth-order valence-corrected chi connectivity index (χ4v) is 1.96. The maximum absolute atomic E-state index is 10.3. The van der Waals surface area contributed by atoms with Crippen LogP contribution in [-0.4, -0.2) is 24.9 Å². The fourth-order valence-electron chi connectivity index (χ4n) is 1.72. The van der Waals surface area contributed by atoms with E-state index in [0.29, 0.717) is 23.0 Å². The molecule has 0 bridgehead atoms. The van der Waals surface area contributed by atoms with Gasteiger partial charge in [-0.05, 0) is 13.3 Å². The van der Waals surface area contributed by atoms with E-state index >= 15 is 0 Å². The van der Waals surface area contributed by atoms with Crippen LogP contribution in [-0.2, 0) is 6.54 Å². The minimum atomic E-state index is -0.903. The summed E-state index contributed by atoms with van der Waals surface area (Å²) in [6.07, 6.45) is 4.72. The van der Waals surface area contributed by atoms with Gasteiger partial charge >= 0.3 is 0 Å². The number of aliphatic hydroxyl groups excluding tert-OH is 1. The molecule has 6 heteroatoms. The van der Waals surface area contributed by atoms with Crippen molar-refractivity contribution in [3.8, 4) is 0 Å². The van der Waals surface area contributed by atoms with E-state index in [0.717, 1.165) is 12.1 Å². The fraction of sp³-hybridized carbons (Fsp3) is 0.417. The topological polar surface area (TPSA) is 63.8 Å². The Morgan fingerprint density at radius 1 is 1.33 bits per heavy atom. The van der Waals surface area contributed by atoms with Gasteiger partial charge in [0.1, 0.15) is 6.10 Å². The van der Waals surface area contributed by atoms with Crippen LogP contribution in [0, 0.1) is 6.92 Å². The van der Waals surface area contributed by atoms with Gasteiger partial charge in [-0.15, -0.1) is 0 Å². The van der Waals surface area contributed by atoms with Crippen LogP contribution in [0.25, 0.3) is 0 Å². The average molecular weight is 267 g/mol. The molecule has 2 aromatic heterocycles.